The number of aryl methyl sites for hydroxylation is 1. The second kappa shape index (κ2) is 6.74. The molecule has 0 spiro atoms. The Morgan fingerprint density at radius 2 is 2.12 bits per heavy atom. The molecule has 2 N–H and O–H groups in total. The van der Waals surface area contributed by atoms with Crippen molar-refractivity contribution >= 4 is 5.91 Å². The van der Waals surface area contributed by atoms with E-state index >= 15 is 0 Å². The van der Waals surface area contributed by atoms with Crippen LogP contribution in [-0.4, -0.2) is 36.9 Å². The van der Waals surface area contributed by atoms with E-state index < -0.39 is 0 Å². The van der Waals surface area contributed by atoms with Crippen LogP contribution in [0.4, 0.5) is 0 Å². The molecule has 2 heterocycles. The minimum atomic E-state index is -0.0875. The third-order valence-electron chi connectivity index (χ3n) is 4.68. The number of hydrogen-bond donors (Lipinski definition) is 2. The van der Waals surface area contributed by atoms with E-state index in [1.165, 1.54) is 24.7 Å². The molecular weight excluding hydrogens is 328 g/mol. The molecule has 1 aliphatic carbocycles. The van der Waals surface area contributed by atoms with Gasteiger partial charge < -0.3 is 5.32 Å². The lowest BCUT2D eigenvalue weighted by atomic mass is 10.00. The van der Waals surface area contributed by atoms with Crippen molar-refractivity contribution in [3.05, 3.63) is 53.9 Å². The van der Waals surface area contributed by atoms with E-state index in [0.29, 0.717) is 18.0 Å². The number of aromatic amines is 1. The summed E-state index contributed by atoms with van der Waals surface area (Å²) >= 11 is 0. The fourth-order valence-corrected chi connectivity index (χ4v) is 3.21. The zero-order chi connectivity index (χ0) is 18.1. The van der Waals surface area contributed by atoms with Crippen molar-refractivity contribution in [2.24, 2.45) is 0 Å². The molecular formula is C19H22N6O. The Kier molecular flexibility index (Phi) is 4.28. The molecule has 1 saturated carbocycles. The number of amides is 1. The molecule has 1 atom stereocenters. The predicted octanol–water partition coefficient (Wildman–Crippen LogP) is 2.67. The van der Waals surface area contributed by atoms with E-state index in [1.54, 1.807) is 11.0 Å². The predicted molar refractivity (Wildman–Crippen MR) is 97.7 cm³/mol. The van der Waals surface area contributed by atoms with Gasteiger partial charge in [0, 0.05) is 28.8 Å². The molecule has 7 nitrogen and oxygen atoms in total. The molecule has 0 saturated heterocycles. The summed E-state index contributed by atoms with van der Waals surface area (Å²) in [6, 6.07) is 7.70. The van der Waals surface area contributed by atoms with Crippen molar-refractivity contribution in [2.75, 3.05) is 0 Å². The maximum Gasteiger partial charge on any atom is 0.251 e. The number of carbonyl (C=O) groups excluding carboxylic acids is 1. The van der Waals surface area contributed by atoms with Crippen LogP contribution < -0.4 is 5.32 Å². The monoisotopic (exact) mass is 350 g/mol. The van der Waals surface area contributed by atoms with Crippen LogP contribution in [0.25, 0.3) is 11.1 Å². The zero-order valence-corrected chi connectivity index (χ0v) is 14.9. The second-order valence-corrected chi connectivity index (χ2v) is 6.95. The first-order chi connectivity index (χ1) is 12.6. The van der Waals surface area contributed by atoms with Gasteiger partial charge in [-0.2, -0.15) is 10.2 Å². The van der Waals surface area contributed by atoms with Crippen molar-refractivity contribution in [2.45, 2.75) is 45.2 Å². The highest BCUT2D eigenvalue weighted by Gasteiger charge is 2.30. The lowest BCUT2D eigenvalue weighted by Gasteiger charge is -2.14. The Hall–Kier alpha value is -2.96. The normalized spacial score (nSPS) is 15.0. The fourth-order valence-electron chi connectivity index (χ4n) is 3.21. The first-order valence-corrected chi connectivity index (χ1v) is 8.90. The maximum absolute atomic E-state index is 12.5. The highest BCUT2D eigenvalue weighted by atomic mass is 16.1. The van der Waals surface area contributed by atoms with E-state index in [9.17, 15) is 4.79 Å². The number of rotatable bonds is 6. The topological polar surface area (TPSA) is 88.5 Å². The standard InChI is InChI=1S/C19H22N6O/c1-12(9-25-11-20-10-21-25)22-19(26)16-7-3-14(4-8-16)17-13(2)23-24-18(17)15-5-6-15/h3-4,7-8,10-12,15H,5-6,9H2,1-2H3,(H,22,26)(H,23,24)/t12-/m0/s1. The van der Waals surface area contributed by atoms with Crippen LogP contribution in [0.1, 0.15) is 47.4 Å². The number of carbonyl (C=O) groups is 1. The molecule has 1 amide bonds. The van der Waals surface area contributed by atoms with Crippen LogP contribution in [0.3, 0.4) is 0 Å². The molecule has 3 aromatic rings. The maximum atomic E-state index is 12.5. The highest BCUT2D eigenvalue weighted by Crippen LogP contribution is 2.44. The van der Waals surface area contributed by atoms with Crippen LogP contribution >= 0.6 is 0 Å². The number of nitrogens with one attached hydrogen (secondary N) is 2. The SMILES string of the molecule is Cc1[nH]nc(C2CC2)c1-c1ccc(C(=O)N[C@@H](C)Cn2cncn2)cc1. The average Bonchev–Trinajstić information content (AvgIpc) is 3.21. The summed E-state index contributed by atoms with van der Waals surface area (Å²) in [6.07, 6.45) is 5.55. The van der Waals surface area contributed by atoms with Crippen molar-refractivity contribution < 1.29 is 4.79 Å². The number of H-pyrrole nitrogens is 1. The Morgan fingerprint density at radius 1 is 1.35 bits per heavy atom. The van der Waals surface area contributed by atoms with Gasteiger partial charge in [-0.15, -0.1) is 0 Å². The molecule has 1 fully saturated rings. The van der Waals surface area contributed by atoms with Crippen LogP contribution in [0.15, 0.2) is 36.9 Å². The van der Waals surface area contributed by atoms with E-state index in [0.717, 1.165) is 17.0 Å². The van der Waals surface area contributed by atoms with E-state index in [1.807, 2.05) is 38.1 Å². The minimum absolute atomic E-state index is 0.0403. The summed E-state index contributed by atoms with van der Waals surface area (Å²) in [5.74, 6) is 0.492. The molecule has 0 aliphatic heterocycles. The Morgan fingerprint density at radius 3 is 2.77 bits per heavy atom. The zero-order valence-electron chi connectivity index (χ0n) is 14.9. The second-order valence-electron chi connectivity index (χ2n) is 6.95. The average molecular weight is 350 g/mol. The summed E-state index contributed by atoms with van der Waals surface area (Å²) in [5.41, 5.74) is 5.16. The largest absolute Gasteiger partial charge is 0.348 e. The quantitative estimate of drug-likeness (QED) is 0.715. The van der Waals surface area contributed by atoms with Crippen molar-refractivity contribution in [3.8, 4) is 11.1 Å². The molecule has 26 heavy (non-hydrogen) atoms. The molecule has 4 rings (SSSR count). The fraction of sp³-hybridized carbons (Fsp3) is 0.368. The van der Waals surface area contributed by atoms with Gasteiger partial charge in [0.05, 0.1) is 12.2 Å². The van der Waals surface area contributed by atoms with Gasteiger partial charge in [0.25, 0.3) is 5.91 Å². The van der Waals surface area contributed by atoms with Gasteiger partial charge >= 0.3 is 0 Å². The summed E-state index contributed by atoms with van der Waals surface area (Å²) in [6.45, 7) is 4.58. The van der Waals surface area contributed by atoms with Gasteiger partial charge in [-0.25, -0.2) is 4.98 Å². The van der Waals surface area contributed by atoms with Crippen molar-refractivity contribution in [1.82, 2.24) is 30.3 Å². The third kappa shape index (κ3) is 3.37. The Balaban J connectivity index is 1.46. The lowest BCUT2D eigenvalue weighted by molar-refractivity contribution is 0.0936. The van der Waals surface area contributed by atoms with E-state index in [4.69, 9.17) is 0 Å². The molecule has 7 heteroatoms. The number of nitrogens with zero attached hydrogens (tertiary/aromatic N) is 4. The Labute approximate surface area is 151 Å². The van der Waals surface area contributed by atoms with Gasteiger partial charge in [0.1, 0.15) is 12.7 Å². The first-order valence-electron chi connectivity index (χ1n) is 8.90. The molecule has 1 aromatic carbocycles. The molecule has 1 aliphatic rings. The molecule has 0 radical (unpaired) electrons. The summed E-state index contributed by atoms with van der Waals surface area (Å²) in [4.78, 5) is 16.4. The van der Waals surface area contributed by atoms with Crippen LogP contribution in [-0.2, 0) is 6.54 Å². The van der Waals surface area contributed by atoms with Gasteiger partial charge in [-0.05, 0) is 44.4 Å². The lowest BCUT2D eigenvalue weighted by Crippen LogP contribution is -2.35. The van der Waals surface area contributed by atoms with Gasteiger partial charge in [0.2, 0.25) is 0 Å². The summed E-state index contributed by atoms with van der Waals surface area (Å²) in [5, 5.41) is 14.6. The highest BCUT2D eigenvalue weighted by molar-refractivity contribution is 5.95. The van der Waals surface area contributed by atoms with Gasteiger partial charge in [0.15, 0.2) is 0 Å². The van der Waals surface area contributed by atoms with Crippen LogP contribution in [0, 0.1) is 6.92 Å². The smallest absolute Gasteiger partial charge is 0.251 e. The molecule has 0 bridgehead atoms. The van der Waals surface area contributed by atoms with Gasteiger partial charge in [-0.1, -0.05) is 12.1 Å². The van der Waals surface area contributed by atoms with Crippen molar-refractivity contribution in [1.29, 1.82) is 0 Å². The number of benzene rings is 1. The minimum Gasteiger partial charge on any atom is -0.348 e. The van der Waals surface area contributed by atoms with Crippen molar-refractivity contribution in [3.63, 3.8) is 0 Å². The van der Waals surface area contributed by atoms with E-state index in [-0.39, 0.29) is 11.9 Å². The Bertz CT molecular complexity index is 893. The third-order valence-corrected chi connectivity index (χ3v) is 4.68. The summed E-state index contributed by atoms with van der Waals surface area (Å²) < 4.78 is 1.70. The molecule has 2 aromatic heterocycles. The van der Waals surface area contributed by atoms with E-state index in [2.05, 4.69) is 25.6 Å². The van der Waals surface area contributed by atoms with Crippen LogP contribution in [0.5, 0.6) is 0 Å². The molecule has 0 unspecified atom stereocenters. The number of hydrogen-bond acceptors (Lipinski definition) is 4. The van der Waals surface area contributed by atoms with Crippen LogP contribution in [0.2, 0.25) is 0 Å². The molecule has 134 valence electrons. The number of aromatic nitrogens is 5. The summed E-state index contributed by atoms with van der Waals surface area (Å²) in [7, 11) is 0. The van der Waals surface area contributed by atoms with Gasteiger partial charge in [-0.3, -0.25) is 14.6 Å². The first kappa shape index (κ1) is 16.5.